The Morgan fingerprint density at radius 3 is 2.72 bits per heavy atom. The quantitative estimate of drug-likeness (QED) is 0.368. The molecule has 0 unspecified atom stereocenters. The van der Waals surface area contributed by atoms with Crippen LogP contribution in [0.5, 0.6) is 0 Å². The van der Waals surface area contributed by atoms with E-state index in [4.69, 9.17) is 10.00 Å². The van der Waals surface area contributed by atoms with Gasteiger partial charge in [-0.3, -0.25) is 10.1 Å². The van der Waals surface area contributed by atoms with E-state index < -0.39 is 10.9 Å². The normalized spacial score (nSPS) is 9.61. The number of esters is 1. The van der Waals surface area contributed by atoms with E-state index in [9.17, 15) is 14.9 Å². The van der Waals surface area contributed by atoms with Crippen molar-refractivity contribution in [3.05, 3.63) is 38.9 Å². The van der Waals surface area contributed by atoms with Crippen LogP contribution in [-0.2, 0) is 10.1 Å². The molecule has 0 radical (unpaired) electrons. The Bertz CT molecular complexity index is 537. The molecule has 1 aromatic carbocycles. The predicted octanol–water partition coefficient (Wildman–Crippen LogP) is 2.54. The fourth-order valence-electron chi connectivity index (χ4n) is 1.47. The van der Waals surface area contributed by atoms with Crippen LogP contribution >= 0.6 is 15.9 Å². The lowest BCUT2D eigenvalue weighted by Crippen LogP contribution is -2.10. The molecule has 0 aliphatic rings. The molecule has 7 heteroatoms. The minimum Gasteiger partial charge on any atom is -0.462 e. The van der Waals surface area contributed by atoms with Crippen molar-refractivity contribution in [2.24, 2.45) is 0 Å². The van der Waals surface area contributed by atoms with E-state index in [1.807, 2.05) is 0 Å². The molecule has 0 bridgehead atoms. The first-order valence-electron chi connectivity index (χ1n) is 5.00. The van der Waals surface area contributed by atoms with Crippen LogP contribution in [0, 0.1) is 21.4 Å². The minimum atomic E-state index is -0.669. The van der Waals surface area contributed by atoms with Gasteiger partial charge in [0.1, 0.15) is 11.6 Å². The van der Waals surface area contributed by atoms with Crippen LogP contribution in [0.3, 0.4) is 0 Å². The van der Waals surface area contributed by atoms with E-state index in [1.165, 1.54) is 12.1 Å². The van der Waals surface area contributed by atoms with E-state index in [1.54, 1.807) is 13.0 Å². The average molecular weight is 313 g/mol. The number of halogens is 1. The molecule has 0 N–H and O–H groups in total. The highest BCUT2D eigenvalue weighted by Gasteiger charge is 2.25. The Balaban J connectivity index is 3.48. The number of ether oxygens (including phenoxy) is 1. The number of rotatable bonds is 4. The third kappa shape index (κ3) is 2.65. The zero-order valence-electron chi connectivity index (χ0n) is 9.47. The lowest BCUT2D eigenvalue weighted by atomic mass is 10.0. The van der Waals surface area contributed by atoms with Crippen LogP contribution in [0.1, 0.15) is 28.4 Å². The summed E-state index contributed by atoms with van der Waals surface area (Å²) in [5.41, 5.74) is -0.195. The van der Waals surface area contributed by atoms with Crippen LogP contribution in [0.2, 0.25) is 0 Å². The summed E-state index contributed by atoms with van der Waals surface area (Å²) in [4.78, 5) is 22.0. The number of alkyl halides is 1. The number of benzene rings is 1. The van der Waals surface area contributed by atoms with Gasteiger partial charge in [-0.05, 0) is 19.1 Å². The van der Waals surface area contributed by atoms with Crippen molar-refractivity contribution >= 4 is 27.6 Å². The molecule has 0 aliphatic heterocycles. The molecule has 0 amide bonds. The first-order valence-corrected chi connectivity index (χ1v) is 6.12. The number of nitriles is 1. The van der Waals surface area contributed by atoms with Gasteiger partial charge in [0.05, 0.1) is 22.7 Å². The van der Waals surface area contributed by atoms with Gasteiger partial charge in [-0.15, -0.1) is 0 Å². The monoisotopic (exact) mass is 312 g/mol. The molecule has 0 saturated carbocycles. The standard InChI is InChI=1S/C11H9BrN2O4/c1-2-18-11(15)8-4-3-7(6-13)10(14(16)17)9(8)5-12/h3-4H,2,5H2,1H3. The highest BCUT2D eigenvalue weighted by atomic mass is 79.9. The minimum absolute atomic E-state index is 0.0810. The molecule has 1 aromatic rings. The van der Waals surface area contributed by atoms with E-state index in [0.29, 0.717) is 0 Å². The number of carbonyl (C=O) groups excluding carboxylic acids is 1. The van der Waals surface area contributed by atoms with Gasteiger partial charge in [0.2, 0.25) is 0 Å². The second-order valence-corrected chi connectivity index (χ2v) is 3.77. The summed E-state index contributed by atoms with van der Waals surface area (Å²) < 4.78 is 4.81. The summed E-state index contributed by atoms with van der Waals surface area (Å²) in [6, 6.07) is 4.34. The fourth-order valence-corrected chi connectivity index (χ4v) is 2.04. The first kappa shape index (κ1) is 14.1. The molecule has 0 aromatic heterocycles. The van der Waals surface area contributed by atoms with Gasteiger partial charge in [0, 0.05) is 5.33 Å². The topological polar surface area (TPSA) is 93.2 Å². The molecule has 0 atom stereocenters. The van der Waals surface area contributed by atoms with Crippen molar-refractivity contribution < 1.29 is 14.5 Å². The summed E-state index contributed by atoms with van der Waals surface area (Å²) in [7, 11) is 0. The van der Waals surface area contributed by atoms with Crippen LogP contribution < -0.4 is 0 Å². The van der Waals surface area contributed by atoms with Crippen molar-refractivity contribution in [3.63, 3.8) is 0 Å². The molecule has 0 aliphatic carbocycles. The number of carbonyl (C=O) groups is 1. The number of nitrogens with zero attached hydrogens (tertiary/aromatic N) is 2. The maximum absolute atomic E-state index is 11.7. The zero-order chi connectivity index (χ0) is 13.7. The SMILES string of the molecule is CCOC(=O)c1ccc(C#N)c([N+](=O)[O-])c1CBr. The Labute approximate surface area is 111 Å². The van der Waals surface area contributed by atoms with Crippen LogP contribution in [0.4, 0.5) is 5.69 Å². The van der Waals surface area contributed by atoms with Gasteiger partial charge >= 0.3 is 5.97 Å². The van der Waals surface area contributed by atoms with Crippen LogP contribution in [-0.4, -0.2) is 17.5 Å². The predicted molar refractivity (Wildman–Crippen MR) is 66.4 cm³/mol. The van der Waals surface area contributed by atoms with Gasteiger partial charge in [0.25, 0.3) is 5.69 Å². The Morgan fingerprint density at radius 2 is 2.28 bits per heavy atom. The van der Waals surface area contributed by atoms with Crippen molar-refractivity contribution in [1.29, 1.82) is 5.26 Å². The zero-order valence-corrected chi connectivity index (χ0v) is 11.1. The molecular formula is C11H9BrN2O4. The fraction of sp³-hybridized carbons (Fsp3) is 0.273. The van der Waals surface area contributed by atoms with E-state index in [2.05, 4.69) is 15.9 Å². The van der Waals surface area contributed by atoms with Gasteiger partial charge < -0.3 is 4.74 Å². The molecule has 0 saturated heterocycles. The number of hydrogen-bond acceptors (Lipinski definition) is 5. The summed E-state index contributed by atoms with van der Waals surface area (Å²) in [5, 5.41) is 19.9. The van der Waals surface area contributed by atoms with Crippen molar-refractivity contribution in [3.8, 4) is 6.07 Å². The summed E-state index contributed by atoms with van der Waals surface area (Å²) in [5.74, 6) is -0.639. The molecule has 0 spiro atoms. The second kappa shape index (κ2) is 6.12. The molecular weight excluding hydrogens is 304 g/mol. The Morgan fingerprint density at radius 1 is 1.61 bits per heavy atom. The molecule has 18 heavy (non-hydrogen) atoms. The Hall–Kier alpha value is -1.94. The van der Waals surface area contributed by atoms with Gasteiger partial charge in [0.15, 0.2) is 0 Å². The van der Waals surface area contributed by atoms with Gasteiger partial charge in [-0.2, -0.15) is 5.26 Å². The summed E-state index contributed by atoms with van der Waals surface area (Å²) in [6.45, 7) is 1.82. The van der Waals surface area contributed by atoms with Crippen molar-refractivity contribution in [2.45, 2.75) is 12.3 Å². The molecule has 94 valence electrons. The van der Waals surface area contributed by atoms with Crippen molar-refractivity contribution in [2.75, 3.05) is 6.61 Å². The number of hydrogen-bond donors (Lipinski definition) is 0. The molecule has 1 rings (SSSR count). The third-order valence-electron chi connectivity index (χ3n) is 2.21. The van der Waals surface area contributed by atoms with Gasteiger partial charge in [-0.1, -0.05) is 15.9 Å². The van der Waals surface area contributed by atoms with Crippen molar-refractivity contribution in [1.82, 2.24) is 0 Å². The van der Waals surface area contributed by atoms with Crippen LogP contribution in [0.25, 0.3) is 0 Å². The highest BCUT2D eigenvalue weighted by Crippen LogP contribution is 2.29. The molecule has 6 nitrogen and oxygen atoms in total. The molecule has 0 heterocycles. The van der Waals surface area contributed by atoms with E-state index >= 15 is 0 Å². The van der Waals surface area contributed by atoms with E-state index in [-0.39, 0.29) is 34.3 Å². The number of nitro groups is 1. The summed E-state index contributed by atoms with van der Waals surface area (Å²) >= 11 is 3.09. The summed E-state index contributed by atoms with van der Waals surface area (Å²) in [6.07, 6.45) is 0. The smallest absolute Gasteiger partial charge is 0.338 e. The van der Waals surface area contributed by atoms with E-state index in [0.717, 1.165) is 0 Å². The molecule has 0 fully saturated rings. The Kier molecular flexibility index (Phi) is 4.80. The van der Waals surface area contributed by atoms with Crippen LogP contribution in [0.15, 0.2) is 12.1 Å². The first-order chi connectivity index (χ1) is 8.56. The lowest BCUT2D eigenvalue weighted by Gasteiger charge is -2.08. The maximum atomic E-state index is 11.7. The second-order valence-electron chi connectivity index (χ2n) is 3.21. The highest BCUT2D eigenvalue weighted by molar-refractivity contribution is 9.08. The average Bonchev–Trinajstić information content (AvgIpc) is 2.36. The maximum Gasteiger partial charge on any atom is 0.338 e. The largest absolute Gasteiger partial charge is 0.462 e. The van der Waals surface area contributed by atoms with Gasteiger partial charge in [-0.25, -0.2) is 4.79 Å². The third-order valence-corrected chi connectivity index (χ3v) is 2.78. The lowest BCUT2D eigenvalue weighted by molar-refractivity contribution is -0.385. The number of nitro benzene ring substituents is 1.